The van der Waals surface area contributed by atoms with Gasteiger partial charge in [-0.05, 0) is 22.4 Å². The van der Waals surface area contributed by atoms with Crippen LogP contribution in [0.3, 0.4) is 0 Å². The summed E-state index contributed by atoms with van der Waals surface area (Å²) in [5, 5.41) is 2.77. The van der Waals surface area contributed by atoms with Crippen molar-refractivity contribution in [2.75, 3.05) is 13.2 Å². The first-order chi connectivity index (χ1) is 9.31. The zero-order chi connectivity index (χ0) is 12.5. The second-order valence-corrected chi connectivity index (χ2v) is 6.16. The third-order valence-electron chi connectivity index (χ3n) is 5.20. The minimum Gasteiger partial charge on any atom is -0.347 e. The maximum atomic E-state index is 6.01. The number of hydrogen-bond acceptors (Lipinski definition) is 2. The summed E-state index contributed by atoms with van der Waals surface area (Å²) in [6.45, 7) is 1.48. The molecule has 1 saturated heterocycles. The molecule has 1 heterocycles. The van der Waals surface area contributed by atoms with Crippen molar-refractivity contribution in [3.63, 3.8) is 0 Å². The van der Waals surface area contributed by atoms with Crippen molar-refractivity contribution < 1.29 is 9.47 Å². The highest BCUT2D eigenvalue weighted by Crippen LogP contribution is 2.60. The number of benzene rings is 1. The summed E-state index contributed by atoms with van der Waals surface area (Å²) < 4.78 is 12.0. The predicted molar refractivity (Wildman–Crippen MR) is 72.5 cm³/mol. The Morgan fingerprint density at radius 3 is 2.84 bits per heavy atom. The first-order valence-electron chi connectivity index (χ1n) is 7.10. The van der Waals surface area contributed by atoms with Crippen LogP contribution in [-0.4, -0.2) is 19.0 Å². The van der Waals surface area contributed by atoms with Crippen LogP contribution >= 0.6 is 0 Å². The highest BCUT2D eigenvalue weighted by Gasteiger charge is 2.59. The second kappa shape index (κ2) is 3.20. The van der Waals surface area contributed by atoms with E-state index < -0.39 is 0 Å². The monoisotopic (exact) mass is 252 g/mol. The van der Waals surface area contributed by atoms with Crippen molar-refractivity contribution in [1.29, 1.82) is 0 Å². The van der Waals surface area contributed by atoms with Crippen molar-refractivity contribution in [1.82, 2.24) is 0 Å². The quantitative estimate of drug-likeness (QED) is 0.694. The SMILES string of the molecule is C1=C[C@@H]2C[C@@]3(C=c4ccccc4=C13)CC21OCCO1. The van der Waals surface area contributed by atoms with Gasteiger partial charge in [0.05, 0.1) is 13.2 Å². The summed E-state index contributed by atoms with van der Waals surface area (Å²) in [5.74, 6) is 0.0564. The van der Waals surface area contributed by atoms with Gasteiger partial charge in [0.25, 0.3) is 0 Å². The molecule has 3 aliphatic carbocycles. The lowest BCUT2D eigenvalue weighted by atomic mass is 9.77. The van der Waals surface area contributed by atoms with Gasteiger partial charge in [0.2, 0.25) is 0 Å². The zero-order valence-electron chi connectivity index (χ0n) is 10.8. The molecule has 2 heteroatoms. The lowest BCUT2D eigenvalue weighted by molar-refractivity contribution is -0.172. The molecular formula is C17H16O2. The maximum Gasteiger partial charge on any atom is 0.175 e. The average molecular weight is 252 g/mol. The van der Waals surface area contributed by atoms with Crippen LogP contribution in [0, 0.1) is 11.3 Å². The number of hydrogen-bond donors (Lipinski definition) is 0. The van der Waals surface area contributed by atoms with Crippen LogP contribution in [0.15, 0.2) is 36.4 Å². The van der Waals surface area contributed by atoms with Crippen LogP contribution in [0.25, 0.3) is 11.6 Å². The predicted octanol–water partition coefficient (Wildman–Crippen LogP) is 1.34. The number of ether oxygens (including phenoxy) is 2. The summed E-state index contributed by atoms with van der Waals surface area (Å²) in [6, 6.07) is 8.71. The third kappa shape index (κ3) is 1.15. The fourth-order valence-corrected chi connectivity index (χ4v) is 4.49. The highest BCUT2D eigenvalue weighted by molar-refractivity contribution is 5.77. The van der Waals surface area contributed by atoms with E-state index in [-0.39, 0.29) is 11.2 Å². The molecule has 0 aromatic heterocycles. The van der Waals surface area contributed by atoms with Gasteiger partial charge in [0.15, 0.2) is 5.79 Å². The van der Waals surface area contributed by atoms with E-state index in [0.29, 0.717) is 5.92 Å². The third-order valence-corrected chi connectivity index (χ3v) is 5.20. The van der Waals surface area contributed by atoms with Gasteiger partial charge < -0.3 is 9.47 Å². The van der Waals surface area contributed by atoms with Gasteiger partial charge in [-0.2, -0.15) is 0 Å². The van der Waals surface area contributed by atoms with E-state index in [1.807, 2.05) is 0 Å². The Morgan fingerprint density at radius 2 is 1.95 bits per heavy atom. The van der Waals surface area contributed by atoms with E-state index >= 15 is 0 Å². The molecule has 2 atom stereocenters. The van der Waals surface area contributed by atoms with Crippen molar-refractivity contribution in [3.8, 4) is 0 Å². The van der Waals surface area contributed by atoms with Gasteiger partial charge in [0.1, 0.15) is 0 Å². The molecule has 1 saturated carbocycles. The average Bonchev–Trinajstić information content (AvgIpc) is 3.06. The summed E-state index contributed by atoms with van der Waals surface area (Å²) in [6.07, 6.45) is 9.18. The fraction of sp³-hybridized carbons (Fsp3) is 0.412. The molecule has 96 valence electrons. The maximum absolute atomic E-state index is 6.01. The normalized spacial score (nSPS) is 36.4. The van der Waals surface area contributed by atoms with E-state index in [1.54, 1.807) is 0 Å². The molecule has 1 aliphatic heterocycles. The van der Waals surface area contributed by atoms with Crippen LogP contribution in [0.2, 0.25) is 0 Å². The Hall–Kier alpha value is -1.38. The van der Waals surface area contributed by atoms with Gasteiger partial charge in [0, 0.05) is 17.8 Å². The van der Waals surface area contributed by atoms with Gasteiger partial charge in [-0.25, -0.2) is 0 Å². The summed E-state index contributed by atoms with van der Waals surface area (Å²) in [4.78, 5) is 0. The van der Waals surface area contributed by atoms with Crippen LogP contribution in [0.5, 0.6) is 0 Å². The Labute approximate surface area is 112 Å². The van der Waals surface area contributed by atoms with E-state index in [1.165, 1.54) is 16.0 Å². The molecule has 2 spiro atoms. The molecule has 1 aromatic rings. The van der Waals surface area contributed by atoms with E-state index in [4.69, 9.17) is 9.47 Å². The number of allylic oxidation sites excluding steroid dienone is 1. The van der Waals surface area contributed by atoms with Gasteiger partial charge in [-0.1, -0.05) is 42.5 Å². The molecule has 5 rings (SSSR count). The largest absolute Gasteiger partial charge is 0.347 e. The van der Waals surface area contributed by atoms with Gasteiger partial charge in [-0.3, -0.25) is 0 Å². The van der Waals surface area contributed by atoms with Crippen LogP contribution in [0.1, 0.15) is 12.8 Å². The minimum absolute atomic E-state index is 0.146. The first kappa shape index (κ1) is 10.4. The lowest BCUT2D eigenvalue weighted by Crippen LogP contribution is -2.33. The van der Waals surface area contributed by atoms with Crippen molar-refractivity contribution in [2.24, 2.45) is 11.3 Å². The molecule has 0 unspecified atom stereocenters. The number of rotatable bonds is 0. The standard InChI is InChI=1S/C17H16O2/c1-2-4-14-12(3-1)9-16-10-13(5-6-15(14)16)17(11-16)18-7-8-19-17/h1-6,9,13H,7-8,10-11H2/t13-,16+/m1/s1. The Kier molecular flexibility index (Phi) is 1.75. The molecule has 0 N–H and O–H groups in total. The van der Waals surface area contributed by atoms with E-state index in [2.05, 4.69) is 42.5 Å². The molecule has 0 radical (unpaired) electrons. The van der Waals surface area contributed by atoms with Crippen LogP contribution in [0.4, 0.5) is 0 Å². The van der Waals surface area contributed by atoms with Crippen LogP contribution < -0.4 is 10.4 Å². The molecule has 19 heavy (non-hydrogen) atoms. The summed E-state index contributed by atoms with van der Waals surface area (Å²) >= 11 is 0. The van der Waals surface area contributed by atoms with Crippen LogP contribution in [-0.2, 0) is 9.47 Å². The summed E-state index contributed by atoms with van der Waals surface area (Å²) in [7, 11) is 0. The Bertz CT molecular complexity index is 709. The molecular weight excluding hydrogens is 236 g/mol. The van der Waals surface area contributed by atoms with Gasteiger partial charge in [-0.15, -0.1) is 0 Å². The number of fused-ring (bicyclic) bond motifs is 3. The fourth-order valence-electron chi connectivity index (χ4n) is 4.49. The molecule has 2 fully saturated rings. The van der Waals surface area contributed by atoms with Crippen molar-refractivity contribution in [2.45, 2.75) is 18.6 Å². The Morgan fingerprint density at radius 1 is 1.11 bits per heavy atom. The van der Waals surface area contributed by atoms with E-state index in [0.717, 1.165) is 26.1 Å². The summed E-state index contributed by atoms with van der Waals surface area (Å²) in [5.41, 5.74) is 1.61. The highest BCUT2D eigenvalue weighted by atomic mass is 16.7. The molecule has 0 amide bonds. The van der Waals surface area contributed by atoms with Crippen molar-refractivity contribution >= 4 is 11.6 Å². The molecule has 2 nitrogen and oxygen atoms in total. The molecule has 1 aromatic carbocycles. The Balaban J connectivity index is 1.77. The smallest absolute Gasteiger partial charge is 0.175 e. The van der Waals surface area contributed by atoms with E-state index in [9.17, 15) is 0 Å². The topological polar surface area (TPSA) is 18.5 Å². The van der Waals surface area contributed by atoms with Crippen molar-refractivity contribution in [3.05, 3.63) is 46.9 Å². The lowest BCUT2D eigenvalue weighted by Gasteiger charge is -2.27. The molecule has 4 aliphatic rings. The van der Waals surface area contributed by atoms with Gasteiger partial charge >= 0.3 is 0 Å². The zero-order valence-corrected chi connectivity index (χ0v) is 10.8. The second-order valence-electron chi connectivity index (χ2n) is 6.16. The first-order valence-corrected chi connectivity index (χ1v) is 7.10. The minimum atomic E-state index is -0.350. The molecule has 2 bridgehead atoms.